The summed E-state index contributed by atoms with van der Waals surface area (Å²) in [6.45, 7) is -0.361. The zero-order valence-corrected chi connectivity index (χ0v) is 22.3. The molecule has 1 amide bonds. The molecule has 13 heteroatoms. The number of nitrogens with one attached hydrogen (secondary N) is 1. The van der Waals surface area contributed by atoms with Gasteiger partial charge < -0.3 is 10.2 Å². The highest BCUT2D eigenvalue weighted by atomic mass is 35.5. The van der Waals surface area contributed by atoms with Gasteiger partial charge >= 0.3 is 18.0 Å². The third-order valence-corrected chi connectivity index (χ3v) is 7.12. The molecule has 3 rings (SSSR count). The summed E-state index contributed by atoms with van der Waals surface area (Å²) in [7, 11) is 1.38. The maximum absolute atomic E-state index is 15.1. The monoisotopic (exact) mass is 614 g/mol. The Kier molecular flexibility index (Phi) is 9.35. The maximum Gasteiger partial charge on any atom is 0.436 e. The van der Waals surface area contributed by atoms with Crippen molar-refractivity contribution < 1.29 is 35.5 Å². The fraction of sp³-hybridized carbons (Fsp3) is 0.269. The van der Waals surface area contributed by atoms with Crippen LogP contribution in [0.5, 0.6) is 0 Å². The molecule has 0 saturated heterocycles. The number of rotatable bonds is 8. The van der Waals surface area contributed by atoms with E-state index in [0.29, 0.717) is 17.5 Å². The number of halogens is 10. The molecule has 0 aliphatic rings. The second kappa shape index (κ2) is 11.8. The van der Waals surface area contributed by atoms with Gasteiger partial charge in [0.05, 0.1) is 10.0 Å². The average Bonchev–Trinajstić information content (AvgIpc) is 2.87. The molecule has 0 radical (unpaired) electrons. The second-order valence-corrected chi connectivity index (χ2v) is 9.74. The Morgan fingerprint density at radius 3 is 1.95 bits per heavy atom. The summed E-state index contributed by atoms with van der Waals surface area (Å²) >= 11 is 17.9. The lowest BCUT2D eigenvalue weighted by molar-refractivity contribution is -0.348. The van der Waals surface area contributed by atoms with E-state index in [1.807, 2.05) is 0 Å². The minimum atomic E-state index is -6.40. The molecule has 3 aromatic carbocycles. The zero-order chi connectivity index (χ0) is 29.2. The SMILES string of the molecule is CN(CCc1ccc(Cl)cc1)c1cc(C(F)(C(F)(F)F)C(F)(F)F)c(Cl)c(Cl)c1CNC(=O)c1ccccc1. The number of likely N-dealkylation sites (N-methyl/N-ethyl adjacent to an activating group) is 1. The summed E-state index contributed by atoms with van der Waals surface area (Å²) in [6.07, 6.45) is -12.5. The van der Waals surface area contributed by atoms with E-state index >= 15 is 4.39 Å². The molecular formula is C26H20Cl3F7N2O. The van der Waals surface area contributed by atoms with Crippen LogP contribution in [-0.4, -0.2) is 31.9 Å². The van der Waals surface area contributed by atoms with Gasteiger partial charge in [0.25, 0.3) is 5.91 Å². The minimum Gasteiger partial charge on any atom is -0.374 e. The van der Waals surface area contributed by atoms with Crippen molar-refractivity contribution >= 4 is 46.4 Å². The van der Waals surface area contributed by atoms with Crippen LogP contribution >= 0.6 is 34.8 Å². The summed E-state index contributed by atoms with van der Waals surface area (Å²) in [5.41, 5.74) is -7.09. The van der Waals surface area contributed by atoms with Crippen molar-refractivity contribution in [3.8, 4) is 0 Å². The topological polar surface area (TPSA) is 32.3 Å². The summed E-state index contributed by atoms with van der Waals surface area (Å²) in [4.78, 5) is 13.9. The summed E-state index contributed by atoms with van der Waals surface area (Å²) in [5.74, 6) is -0.591. The number of hydrogen-bond donors (Lipinski definition) is 1. The van der Waals surface area contributed by atoms with Crippen LogP contribution in [0.25, 0.3) is 0 Å². The largest absolute Gasteiger partial charge is 0.436 e. The molecule has 3 nitrogen and oxygen atoms in total. The van der Waals surface area contributed by atoms with Crippen molar-refractivity contribution in [3.63, 3.8) is 0 Å². The van der Waals surface area contributed by atoms with Crippen molar-refractivity contribution in [1.82, 2.24) is 5.32 Å². The van der Waals surface area contributed by atoms with Gasteiger partial charge in [-0.3, -0.25) is 4.79 Å². The fourth-order valence-electron chi connectivity index (χ4n) is 3.80. The summed E-state index contributed by atoms with van der Waals surface area (Å²) < 4.78 is 96.7. The smallest absolute Gasteiger partial charge is 0.374 e. The van der Waals surface area contributed by atoms with Gasteiger partial charge in [0.1, 0.15) is 0 Å². The standard InChI is InChI=1S/C26H20Cl3F7N2O/c1-38(12-11-15-7-9-17(27)10-8-15)20-13-19(24(30,25(31,32)33)26(34,35)36)22(29)21(28)18(20)14-37-23(39)16-5-3-2-4-6-16/h2-10,13H,11-12,14H2,1H3,(H,37,39). The molecule has 39 heavy (non-hydrogen) atoms. The van der Waals surface area contributed by atoms with E-state index in [4.69, 9.17) is 34.8 Å². The number of alkyl halides is 7. The van der Waals surface area contributed by atoms with Crippen molar-refractivity contribution in [3.05, 3.63) is 98.0 Å². The Labute approximate surface area is 234 Å². The Morgan fingerprint density at radius 1 is 0.846 bits per heavy atom. The van der Waals surface area contributed by atoms with E-state index in [9.17, 15) is 31.1 Å². The zero-order valence-electron chi connectivity index (χ0n) is 20.0. The van der Waals surface area contributed by atoms with Crippen molar-refractivity contribution in [2.24, 2.45) is 0 Å². The van der Waals surface area contributed by atoms with Gasteiger partial charge in [0.2, 0.25) is 0 Å². The van der Waals surface area contributed by atoms with Gasteiger partial charge in [-0.2, -0.15) is 26.3 Å². The van der Waals surface area contributed by atoms with Crippen LogP contribution in [-0.2, 0) is 18.6 Å². The number of carbonyl (C=O) groups is 1. The fourth-order valence-corrected chi connectivity index (χ4v) is 4.49. The number of anilines is 1. The van der Waals surface area contributed by atoms with E-state index < -0.39 is 46.1 Å². The quantitative estimate of drug-likeness (QED) is 0.258. The van der Waals surface area contributed by atoms with Crippen LogP contribution in [0, 0.1) is 0 Å². The summed E-state index contributed by atoms with van der Waals surface area (Å²) in [5, 5.41) is 0.956. The molecule has 0 fully saturated rings. The van der Waals surface area contributed by atoms with Gasteiger partial charge in [-0.15, -0.1) is 0 Å². The predicted molar refractivity (Wildman–Crippen MR) is 137 cm³/mol. The average molecular weight is 616 g/mol. The maximum atomic E-state index is 15.1. The van der Waals surface area contributed by atoms with Gasteiger partial charge in [0, 0.05) is 47.5 Å². The van der Waals surface area contributed by atoms with Gasteiger partial charge in [-0.05, 0) is 42.3 Å². The molecule has 0 unspecified atom stereocenters. The first-order valence-corrected chi connectivity index (χ1v) is 12.3. The minimum absolute atomic E-state index is 0.0655. The van der Waals surface area contributed by atoms with Crippen molar-refractivity contribution in [2.75, 3.05) is 18.5 Å². The molecule has 210 valence electrons. The highest BCUT2D eigenvalue weighted by Gasteiger charge is 2.74. The predicted octanol–water partition coefficient (Wildman–Crippen LogP) is 8.55. The third-order valence-electron chi connectivity index (χ3n) is 5.96. The Bertz CT molecular complexity index is 1300. The molecule has 3 aromatic rings. The summed E-state index contributed by atoms with van der Waals surface area (Å²) in [6, 6.07) is 14.8. The lowest BCUT2D eigenvalue weighted by Gasteiger charge is -2.33. The Hall–Kier alpha value is -2.69. The van der Waals surface area contributed by atoms with Gasteiger partial charge in [-0.1, -0.05) is 65.1 Å². The molecule has 0 atom stereocenters. The molecule has 0 spiro atoms. The van der Waals surface area contributed by atoms with Crippen LogP contribution < -0.4 is 10.2 Å². The number of amides is 1. The molecule has 0 heterocycles. The number of carbonyl (C=O) groups excluding carboxylic acids is 1. The number of hydrogen-bond acceptors (Lipinski definition) is 2. The van der Waals surface area contributed by atoms with E-state index in [-0.39, 0.29) is 23.4 Å². The van der Waals surface area contributed by atoms with E-state index in [1.54, 1.807) is 42.5 Å². The van der Waals surface area contributed by atoms with Crippen molar-refractivity contribution in [1.29, 1.82) is 0 Å². The Morgan fingerprint density at radius 2 is 1.41 bits per heavy atom. The van der Waals surface area contributed by atoms with E-state index in [2.05, 4.69) is 5.32 Å². The normalized spacial score (nSPS) is 12.4. The van der Waals surface area contributed by atoms with Crippen LogP contribution in [0.15, 0.2) is 60.7 Å². The molecule has 1 N–H and O–H groups in total. The van der Waals surface area contributed by atoms with E-state index in [0.717, 1.165) is 5.56 Å². The molecule has 0 aliphatic heterocycles. The van der Waals surface area contributed by atoms with Crippen LogP contribution in [0.4, 0.5) is 36.4 Å². The highest BCUT2D eigenvalue weighted by Crippen LogP contribution is 2.56. The Balaban J connectivity index is 2.09. The van der Waals surface area contributed by atoms with Crippen LogP contribution in [0.3, 0.4) is 0 Å². The first kappa shape index (κ1) is 30.8. The number of nitrogens with zero attached hydrogens (tertiary/aromatic N) is 1. The highest BCUT2D eigenvalue weighted by molar-refractivity contribution is 6.43. The third kappa shape index (κ3) is 6.56. The number of benzene rings is 3. The second-order valence-electron chi connectivity index (χ2n) is 8.55. The lowest BCUT2D eigenvalue weighted by Crippen LogP contribution is -2.50. The van der Waals surface area contributed by atoms with Gasteiger partial charge in [-0.25, -0.2) is 4.39 Å². The molecule has 0 saturated carbocycles. The lowest BCUT2D eigenvalue weighted by atomic mass is 9.91. The van der Waals surface area contributed by atoms with Crippen molar-refractivity contribution in [2.45, 2.75) is 31.0 Å². The molecule has 0 aliphatic carbocycles. The first-order chi connectivity index (χ1) is 18.1. The van der Waals surface area contributed by atoms with Crippen LogP contribution in [0.1, 0.15) is 27.0 Å². The molecular weight excluding hydrogens is 596 g/mol. The first-order valence-electron chi connectivity index (χ1n) is 11.2. The molecule has 0 bridgehead atoms. The van der Waals surface area contributed by atoms with Gasteiger partial charge in [0.15, 0.2) is 0 Å². The molecule has 0 aromatic heterocycles. The van der Waals surface area contributed by atoms with E-state index in [1.165, 1.54) is 24.1 Å². The van der Waals surface area contributed by atoms with Crippen LogP contribution in [0.2, 0.25) is 15.1 Å².